The first-order valence-corrected chi connectivity index (χ1v) is 14.5. The van der Waals surface area contributed by atoms with E-state index in [9.17, 15) is 4.79 Å². The summed E-state index contributed by atoms with van der Waals surface area (Å²) in [5.74, 6) is 1.86. The van der Waals surface area contributed by atoms with Crippen molar-refractivity contribution in [3.8, 4) is 0 Å². The monoisotopic (exact) mass is 519 g/mol. The first kappa shape index (κ1) is 26.9. The molecule has 1 saturated carbocycles. The van der Waals surface area contributed by atoms with E-state index in [1.54, 1.807) is 14.2 Å². The zero-order chi connectivity index (χ0) is 26.9. The van der Waals surface area contributed by atoms with Crippen molar-refractivity contribution in [2.24, 2.45) is 5.92 Å². The van der Waals surface area contributed by atoms with Crippen LogP contribution in [0.2, 0.25) is 0 Å². The number of benzene rings is 1. The van der Waals surface area contributed by atoms with E-state index < -0.39 is 0 Å². The lowest BCUT2D eigenvalue weighted by atomic mass is 9.66. The molecule has 1 aromatic carbocycles. The highest BCUT2D eigenvalue weighted by atomic mass is 16.5. The van der Waals surface area contributed by atoms with Crippen LogP contribution in [0.25, 0.3) is 10.9 Å². The molecule has 5 rings (SSSR count). The van der Waals surface area contributed by atoms with E-state index in [1.165, 1.54) is 41.4 Å². The van der Waals surface area contributed by atoms with Crippen molar-refractivity contribution in [1.82, 2.24) is 14.8 Å². The molecule has 0 saturated heterocycles. The average molecular weight is 520 g/mol. The zero-order valence-electron chi connectivity index (χ0n) is 23.9. The average Bonchev–Trinajstić information content (AvgIpc) is 3.32. The van der Waals surface area contributed by atoms with Crippen molar-refractivity contribution in [2.75, 3.05) is 34.9 Å². The number of allylic oxidation sites excluding steroid dienone is 2. The molecule has 0 bridgehead atoms. The number of amides is 1. The number of carbonyl (C=O) groups excluding carboxylic acids is 1. The maximum absolute atomic E-state index is 14.2. The minimum atomic E-state index is -0.272. The molecule has 1 N–H and O–H groups in total. The largest absolute Gasteiger partial charge is 0.493 e. The number of carbonyl (C=O) groups is 1. The van der Waals surface area contributed by atoms with Crippen molar-refractivity contribution in [3.05, 3.63) is 59.2 Å². The van der Waals surface area contributed by atoms with Gasteiger partial charge in [-0.05, 0) is 88.7 Å². The number of nitrogens with zero attached hydrogens (tertiary/aromatic N) is 2. The fourth-order valence-electron chi connectivity index (χ4n) is 7.42. The summed E-state index contributed by atoms with van der Waals surface area (Å²) in [4.78, 5) is 22.7. The minimum absolute atomic E-state index is 0.117. The number of fused-ring (bicyclic) bond motifs is 4. The Morgan fingerprint density at radius 1 is 1.11 bits per heavy atom. The summed E-state index contributed by atoms with van der Waals surface area (Å²) in [5.41, 5.74) is 3.84. The van der Waals surface area contributed by atoms with Crippen LogP contribution in [0.3, 0.4) is 0 Å². The van der Waals surface area contributed by atoms with E-state index in [4.69, 9.17) is 9.47 Å². The first-order valence-electron chi connectivity index (χ1n) is 14.5. The molecule has 1 unspecified atom stereocenters. The van der Waals surface area contributed by atoms with Crippen LogP contribution in [0.1, 0.15) is 76.0 Å². The van der Waals surface area contributed by atoms with Gasteiger partial charge in [-0.15, -0.1) is 0 Å². The topological polar surface area (TPSA) is 57.8 Å². The molecular weight excluding hydrogens is 474 g/mol. The van der Waals surface area contributed by atoms with Gasteiger partial charge in [-0.2, -0.15) is 0 Å². The molecule has 2 heterocycles. The molecule has 1 atom stereocenters. The first-order chi connectivity index (χ1) is 18.4. The maximum Gasteiger partial charge on any atom is 0.223 e. The number of para-hydroxylation sites is 1. The third-order valence-corrected chi connectivity index (χ3v) is 9.75. The fraction of sp³-hybridized carbons (Fsp3) is 0.594. The third-order valence-electron chi connectivity index (χ3n) is 9.75. The second-order valence-corrected chi connectivity index (χ2v) is 11.8. The Morgan fingerprint density at radius 2 is 1.84 bits per heavy atom. The van der Waals surface area contributed by atoms with Crippen molar-refractivity contribution in [1.29, 1.82) is 0 Å². The minimum Gasteiger partial charge on any atom is -0.493 e. The molecule has 1 spiro atoms. The second-order valence-electron chi connectivity index (χ2n) is 11.8. The lowest BCUT2D eigenvalue weighted by molar-refractivity contribution is -0.143. The summed E-state index contributed by atoms with van der Waals surface area (Å²) in [6, 6.07) is 8.66. The van der Waals surface area contributed by atoms with Crippen LogP contribution in [0.4, 0.5) is 0 Å². The van der Waals surface area contributed by atoms with Crippen molar-refractivity contribution >= 4 is 16.8 Å². The summed E-state index contributed by atoms with van der Waals surface area (Å²) in [7, 11) is 7.82. The van der Waals surface area contributed by atoms with Crippen LogP contribution in [-0.4, -0.2) is 61.1 Å². The molecule has 2 aromatic rings. The van der Waals surface area contributed by atoms with Gasteiger partial charge in [-0.25, -0.2) is 0 Å². The molecule has 1 aromatic heterocycles. The van der Waals surface area contributed by atoms with Gasteiger partial charge in [0.25, 0.3) is 0 Å². The zero-order valence-corrected chi connectivity index (χ0v) is 23.9. The van der Waals surface area contributed by atoms with Crippen LogP contribution in [0.15, 0.2) is 47.9 Å². The van der Waals surface area contributed by atoms with E-state index in [2.05, 4.69) is 72.2 Å². The van der Waals surface area contributed by atoms with Gasteiger partial charge in [-0.3, -0.25) is 4.79 Å². The molecule has 1 amide bonds. The summed E-state index contributed by atoms with van der Waals surface area (Å²) < 4.78 is 11.0. The molecule has 2 aliphatic carbocycles. The fourth-order valence-corrected chi connectivity index (χ4v) is 7.42. The van der Waals surface area contributed by atoms with Gasteiger partial charge in [0.15, 0.2) is 11.5 Å². The van der Waals surface area contributed by atoms with Crippen LogP contribution < -0.4 is 0 Å². The highest BCUT2D eigenvalue weighted by molar-refractivity contribution is 5.87. The number of unbranched alkanes of at least 4 members (excludes halogenated alkanes) is 1. The van der Waals surface area contributed by atoms with Crippen molar-refractivity contribution < 1.29 is 14.3 Å². The Hall–Kier alpha value is -2.73. The van der Waals surface area contributed by atoms with Gasteiger partial charge in [0, 0.05) is 35.1 Å². The van der Waals surface area contributed by atoms with Crippen molar-refractivity contribution in [3.63, 3.8) is 0 Å². The van der Waals surface area contributed by atoms with Crippen LogP contribution in [-0.2, 0) is 26.2 Å². The van der Waals surface area contributed by atoms with Gasteiger partial charge < -0.3 is 24.3 Å². The SMILES string of the molecule is CCCCC1(N(C)C)CCC2(CC1)c1[nH]c3ccccc3c1CCN2C(=O)CC1C=C(OC)C(OC)=CC1. The number of H-pyrrole nitrogens is 1. The van der Waals surface area contributed by atoms with Crippen LogP contribution >= 0.6 is 0 Å². The molecule has 0 radical (unpaired) electrons. The van der Waals surface area contributed by atoms with E-state index in [1.807, 2.05) is 0 Å². The van der Waals surface area contributed by atoms with Crippen molar-refractivity contribution in [2.45, 2.75) is 82.2 Å². The summed E-state index contributed by atoms with van der Waals surface area (Å²) >= 11 is 0. The lowest BCUT2D eigenvalue weighted by Gasteiger charge is -2.55. The standard InChI is InChI=1S/C32H45N3O3/c1-6-7-15-31(34(2)3)16-18-32(19-17-31)30-25(24-10-8-9-11-26(24)33-30)14-20-35(32)29(36)22-23-12-13-27(37-4)28(21-23)38-5/h8-11,13,21,23,33H,6-7,12,14-20,22H2,1-5H3. The number of nitrogens with one attached hydrogen (secondary N) is 1. The van der Waals surface area contributed by atoms with Gasteiger partial charge in [-0.1, -0.05) is 38.0 Å². The highest BCUT2D eigenvalue weighted by Crippen LogP contribution is 2.52. The molecular formula is C32H45N3O3. The number of hydrogen-bond acceptors (Lipinski definition) is 4. The second kappa shape index (κ2) is 10.8. The Bertz CT molecular complexity index is 1220. The van der Waals surface area contributed by atoms with Crippen LogP contribution in [0.5, 0.6) is 0 Å². The van der Waals surface area contributed by atoms with E-state index >= 15 is 0 Å². The molecule has 6 nitrogen and oxygen atoms in total. The molecule has 3 aliphatic rings. The number of hydrogen-bond donors (Lipinski definition) is 1. The third kappa shape index (κ3) is 4.55. The highest BCUT2D eigenvalue weighted by Gasteiger charge is 2.52. The smallest absolute Gasteiger partial charge is 0.223 e. The van der Waals surface area contributed by atoms with E-state index in [-0.39, 0.29) is 22.9 Å². The van der Waals surface area contributed by atoms with Gasteiger partial charge in [0.2, 0.25) is 5.91 Å². The maximum atomic E-state index is 14.2. The number of aromatic nitrogens is 1. The normalized spacial score (nSPS) is 27.3. The molecule has 1 fully saturated rings. The van der Waals surface area contributed by atoms with Gasteiger partial charge in [0.1, 0.15) is 0 Å². The molecule has 206 valence electrons. The lowest BCUT2D eigenvalue weighted by Crippen LogP contribution is -2.59. The van der Waals surface area contributed by atoms with Gasteiger partial charge in [0.05, 0.1) is 19.8 Å². The Morgan fingerprint density at radius 3 is 2.53 bits per heavy atom. The molecule has 6 heteroatoms. The Kier molecular flexibility index (Phi) is 7.63. The van der Waals surface area contributed by atoms with E-state index in [0.717, 1.165) is 56.6 Å². The molecule has 1 aliphatic heterocycles. The summed E-state index contributed by atoms with van der Waals surface area (Å²) in [5, 5.41) is 1.32. The predicted molar refractivity (Wildman–Crippen MR) is 153 cm³/mol. The Balaban J connectivity index is 1.47. The predicted octanol–water partition coefficient (Wildman–Crippen LogP) is 6.28. The quantitative estimate of drug-likeness (QED) is 0.446. The van der Waals surface area contributed by atoms with Gasteiger partial charge >= 0.3 is 0 Å². The number of ether oxygens (including phenoxy) is 2. The number of methoxy groups -OCH3 is 2. The summed E-state index contributed by atoms with van der Waals surface area (Å²) in [6.07, 6.45) is 14.2. The van der Waals surface area contributed by atoms with Crippen LogP contribution in [0, 0.1) is 5.92 Å². The number of rotatable bonds is 8. The summed E-state index contributed by atoms with van der Waals surface area (Å²) in [6.45, 7) is 3.07. The molecule has 38 heavy (non-hydrogen) atoms. The Labute approximate surface area is 228 Å². The number of aromatic amines is 1. The van der Waals surface area contributed by atoms with E-state index in [0.29, 0.717) is 6.42 Å².